The molecule has 0 aromatic heterocycles. The van der Waals surface area contributed by atoms with Gasteiger partial charge < -0.3 is 0 Å². The van der Waals surface area contributed by atoms with Crippen LogP contribution in [0.25, 0.3) is 0 Å². The Morgan fingerprint density at radius 1 is 1.42 bits per heavy atom. The number of rotatable bonds is 5. The van der Waals surface area contributed by atoms with Crippen LogP contribution in [0, 0.1) is 0 Å². The van der Waals surface area contributed by atoms with Gasteiger partial charge in [-0.05, 0) is 12.3 Å². The average Bonchev–Trinajstić information content (AvgIpc) is 1.95. The molecule has 0 aliphatic carbocycles. The van der Waals surface area contributed by atoms with E-state index in [4.69, 9.17) is 0 Å². The molecule has 0 rings (SSSR count). The molecule has 0 N–H and O–H groups in total. The predicted octanol–water partition coefficient (Wildman–Crippen LogP) is 2.74. The van der Waals surface area contributed by atoms with Gasteiger partial charge in [-0.2, -0.15) is 11.8 Å². The van der Waals surface area contributed by atoms with Gasteiger partial charge in [-0.15, -0.1) is 0 Å². The molecule has 12 heavy (non-hydrogen) atoms. The van der Waals surface area contributed by atoms with Gasteiger partial charge in [0.25, 0.3) is 0 Å². The van der Waals surface area contributed by atoms with E-state index < -0.39 is 8.07 Å². The number of hydrogen-bond acceptors (Lipinski definition) is 2. The highest BCUT2D eigenvalue weighted by atomic mass is 32.2. The van der Waals surface area contributed by atoms with Gasteiger partial charge in [-0.1, -0.05) is 25.3 Å². The maximum Gasteiger partial charge on any atom is 0.155 e. The van der Waals surface area contributed by atoms with Gasteiger partial charge in [0, 0.05) is 12.2 Å². The Morgan fingerprint density at radius 2 is 2.00 bits per heavy atom. The van der Waals surface area contributed by atoms with E-state index in [1.54, 1.807) is 17.8 Å². The third kappa shape index (κ3) is 8.08. The molecule has 1 nitrogen and oxygen atoms in total. The van der Waals surface area contributed by atoms with Crippen LogP contribution < -0.4 is 0 Å². The maximum atomic E-state index is 11.2. The lowest BCUT2D eigenvalue weighted by Crippen LogP contribution is -2.16. The summed E-state index contributed by atoms with van der Waals surface area (Å²) in [5.41, 5.74) is 2.11. The van der Waals surface area contributed by atoms with E-state index in [1.807, 2.05) is 6.26 Å². The molecule has 0 heterocycles. The molecule has 0 atom stereocenters. The smallest absolute Gasteiger partial charge is 0.155 e. The first kappa shape index (κ1) is 12.0. The monoisotopic (exact) mass is 202 g/mol. The minimum Gasteiger partial charge on any atom is -0.295 e. The van der Waals surface area contributed by atoms with Crippen molar-refractivity contribution in [3.05, 3.63) is 11.8 Å². The highest BCUT2D eigenvalue weighted by Crippen LogP contribution is 2.03. The fourth-order valence-electron chi connectivity index (χ4n) is 0.629. The summed E-state index contributed by atoms with van der Waals surface area (Å²) in [7, 11) is -1.17. The molecule has 0 aromatic carbocycles. The van der Waals surface area contributed by atoms with E-state index in [1.165, 1.54) is 0 Å². The lowest BCUT2D eigenvalue weighted by Gasteiger charge is -2.07. The van der Waals surface area contributed by atoms with Gasteiger partial charge in [0.1, 0.15) is 0 Å². The van der Waals surface area contributed by atoms with Crippen molar-refractivity contribution in [2.24, 2.45) is 0 Å². The van der Waals surface area contributed by atoms with Gasteiger partial charge in [0.15, 0.2) is 5.78 Å². The van der Waals surface area contributed by atoms with Crippen LogP contribution in [0.2, 0.25) is 19.6 Å². The molecule has 0 aliphatic heterocycles. The standard InChI is InChI=1S/C9H18OSSi/c1-11-7-5-9(10)6-8-12(2,3)4/h6,8H,5,7H2,1-4H3/b8-6+. The van der Waals surface area contributed by atoms with E-state index in [0.29, 0.717) is 6.42 Å². The van der Waals surface area contributed by atoms with E-state index in [-0.39, 0.29) is 5.78 Å². The van der Waals surface area contributed by atoms with Crippen LogP contribution in [0.1, 0.15) is 6.42 Å². The highest BCUT2D eigenvalue weighted by molar-refractivity contribution is 7.98. The van der Waals surface area contributed by atoms with Crippen molar-refractivity contribution in [3.63, 3.8) is 0 Å². The van der Waals surface area contributed by atoms with Crippen LogP contribution in [0.3, 0.4) is 0 Å². The summed E-state index contributed by atoms with van der Waals surface area (Å²) in [5.74, 6) is 1.21. The number of ketones is 1. The van der Waals surface area contributed by atoms with Crippen LogP contribution in [0.15, 0.2) is 11.8 Å². The molecule has 70 valence electrons. The average molecular weight is 202 g/mol. The predicted molar refractivity (Wildman–Crippen MR) is 60.5 cm³/mol. The molecule has 0 unspecified atom stereocenters. The molecule has 3 heteroatoms. The van der Waals surface area contributed by atoms with E-state index >= 15 is 0 Å². The first-order valence-corrected chi connectivity index (χ1v) is 9.14. The lowest BCUT2D eigenvalue weighted by atomic mass is 10.3. The van der Waals surface area contributed by atoms with Crippen molar-refractivity contribution < 1.29 is 4.79 Å². The fourth-order valence-corrected chi connectivity index (χ4v) is 1.72. The lowest BCUT2D eigenvalue weighted by molar-refractivity contribution is -0.114. The van der Waals surface area contributed by atoms with Gasteiger partial charge in [-0.25, -0.2) is 0 Å². The minimum absolute atomic E-state index is 0.270. The molecule has 0 fully saturated rings. The Labute approximate surface area is 80.6 Å². The second-order valence-corrected chi connectivity index (χ2v) is 9.96. The van der Waals surface area contributed by atoms with Crippen molar-refractivity contribution in [3.8, 4) is 0 Å². The number of carbonyl (C=O) groups is 1. The summed E-state index contributed by atoms with van der Waals surface area (Å²) in [6.07, 6.45) is 4.47. The topological polar surface area (TPSA) is 17.1 Å². The number of hydrogen-bond donors (Lipinski definition) is 0. The number of thioether (sulfide) groups is 1. The van der Waals surface area contributed by atoms with Crippen molar-refractivity contribution >= 4 is 25.6 Å². The Hall–Kier alpha value is -0.0231. The molecule has 0 aromatic rings. The Morgan fingerprint density at radius 3 is 2.42 bits per heavy atom. The first-order chi connectivity index (χ1) is 5.45. The van der Waals surface area contributed by atoms with Crippen LogP contribution >= 0.6 is 11.8 Å². The summed E-state index contributed by atoms with van der Waals surface area (Å²) in [5, 5.41) is 0. The minimum atomic E-state index is -1.17. The van der Waals surface area contributed by atoms with E-state index in [0.717, 1.165) is 5.75 Å². The van der Waals surface area contributed by atoms with Crippen LogP contribution in [-0.4, -0.2) is 25.9 Å². The van der Waals surface area contributed by atoms with Crippen molar-refractivity contribution in [1.29, 1.82) is 0 Å². The molecule has 0 saturated carbocycles. The zero-order chi connectivity index (χ0) is 9.61. The van der Waals surface area contributed by atoms with Crippen LogP contribution in [0.5, 0.6) is 0 Å². The van der Waals surface area contributed by atoms with Crippen LogP contribution in [-0.2, 0) is 4.79 Å². The normalized spacial score (nSPS) is 12.3. The van der Waals surface area contributed by atoms with Gasteiger partial charge in [0.2, 0.25) is 0 Å². The van der Waals surface area contributed by atoms with Crippen molar-refractivity contribution in [1.82, 2.24) is 0 Å². The molecule has 0 bridgehead atoms. The Bertz CT molecular complexity index is 170. The number of carbonyl (C=O) groups excluding carboxylic acids is 1. The summed E-state index contributed by atoms with van der Waals surface area (Å²) >= 11 is 1.72. The van der Waals surface area contributed by atoms with E-state index in [9.17, 15) is 4.79 Å². The summed E-state index contributed by atoms with van der Waals surface area (Å²) in [6, 6.07) is 0. The molecule has 0 amide bonds. The summed E-state index contributed by atoms with van der Waals surface area (Å²) < 4.78 is 0. The third-order valence-electron chi connectivity index (χ3n) is 1.32. The molecule has 0 saturated heterocycles. The Kier molecular flexibility index (Phi) is 5.58. The third-order valence-corrected chi connectivity index (χ3v) is 3.10. The second kappa shape index (κ2) is 5.59. The first-order valence-electron chi connectivity index (χ1n) is 4.17. The van der Waals surface area contributed by atoms with Gasteiger partial charge >= 0.3 is 0 Å². The largest absolute Gasteiger partial charge is 0.295 e. The highest BCUT2D eigenvalue weighted by Gasteiger charge is 2.07. The number of allylic oxidation sites excluding steroid dienone is 1. The summed E-state index contributed by atoms with van der Waals surface area (Å²) in [4.78, 5) is 11.2. The molecule has 0 aliphatic rings. The fraction of sp³-hybridized carbons (Fsp3) is 0.667. The van der Waals surface area contributed by atoms with E-state index in [2.05, 4.69) is 25.3 Å². The maximum absolute atomic E-state index is 11.2. The molecule has 0 spiro atoms. The zero-order valence-electron chi connectivity index (χ0n) is 8.39. The van der Waals surface area contributed by atoms with Gasteiger partial charge in [-0.3, -0.25) is 4.79 Å². The van der Waals surface area contributed by atoms with Crippen molar-refractivity contribution in [2.45, 2.75) is 26.1 Å². The van der Waals surface area contributed by atoms with Crippen LogP contribution in [0.4, 0.5) is 0 Å². The molecular formula is C9H18OSSi. The summed E-state index contributed by atoms with van der Waals surface area (Å²) in [6.45, 7) is 6.68. The molecular weight excluding hydrogens is 184 g/mol. The van der Waals surface area contributed by atoms with Crippen molar-refractivity contribution in [2.75, 3.05) is 12.0 Å². The molecule has 0 radical (unpaired) electrons. The Balaban J connectivity index is 3.76. The second-order valence-electron chi connectivity index (χ2n) is 3.91. The quantitative estimate of drug-likeness (QED) is 0.504. The van der Waals surface area contributed by atoms with Gasteiger partial charge in [0.05, 0.1) is 8.07 Å². The SMILES string of the molecule is CSCCC(=O)/C=C/[Si](C)(C)C. The zero-order valence-corrected chi connectivity index (χ0v) is 10.2.